The molecule has 3 N–H and O–H groups in total. The van der Waals surface area contributed by atoms with Crippen LogP contribution in [0, 0.1) is 0 Å². The van der Waals surface area contributed by atoms with Crippen molar-refractivity contribution in [3.05, 3.63) is 64.3 Å². The lowest BCUT2D eigenvalue weighted by atomic mass is 10.0. The maximum absolute atomic E-state index is 12.5. The van der Waals surface area contributed by atoms with Crippen molar-refractivity contribution in [3.8, 4) is 28.6 Å². The molecule has 0 aliphatic rings. The van der Waals surface area contributed by atoms with E-state index in [2.05, 4.69) is 6.58 Å². The maximum Gasteiger partial charge on any atom is 0.197 e. The molecule has 1 heterocycles. The molecule has 3 rings (SSSR count). The van der Waals surface area contributed by atoms with Crippen LogP contribution in [-0.2, 0) is 6.42 Å². The standard InChI is InChI=1S/C20H18O5/c1-11(2)3-8-14-15(22)9-18-19(20(14)24)16(23)10-17(25-18)12-4-6-13(21)7-5-12/h4-7,9-10,21-22,24H,1,3,8H2,2H3. The van der Waals surface area contributed by atoms with E-state index in [1.165, 1.54) is 24.3 Å². The molecule has 0 saturated carbocycles. The van der Waals surface area contributed by atoms with Crippen molar-refractivity contribution in [2.75, 3.05) is 0 Å². The molecule has 3 aromatic rings. The summed E-state index contributed by atoms with van der Waals surface area (Å²) in [5.74, 6) is -0.00479. The van der Waals surface area contributed by atoms with Crippen molar-refractivity contribution in [3.63, 3.8) is 0 Å². The molecule has 0 fully saturated rings. The Hall–Kier alpha value is -3.21. The fraction of sp³-hybridized carbons (Fsp3) is 0.150. The van der Waals surface area contributed by atoms with Gasteiger partial charge in [-0.05, 0) is 44.0 Å². The van der Waals surface area contributed by atoms with Gasteiger partial charge in [0.15, 0.2) is 5.43 Å². The van der Waals surface area contributed by atoms with Gasteiger partial charge in [-0.15, -0.1) is 6.58 Å². The van der Waals surface area contributed by atoms with Crippen LogP contribution in [-0.4, -0.2) is 15.3 Å². The van der Waals surface area contributed by atoms with Gasteiger partial charge in [-0.2, -0.15) is 0 Å². The van der Waals surface area contributed by atoms with Gasteiger partial charge in [-0.1, -0.05) is 5.57 Å². The van der Waals surface area contributed by atoms with Crippen molar-refractivity contribution in [1.82, 2.24) is 0 Å². The summed E-state index contributed by atoms with van der Waals surface area (Å²) in [5.41, 5.74) is 1.51. The van der Waals surface area contributed by atoms with Crippen molar-refractivity contribution in [2.45, 2.75) is 19.8 Å². The van der Waals surface area contributed by atoms with E-state index in [-0.39, 0.29) is 34.0 Å². The van der Waals surface area contributed by atoms with E-state index in [1.807, 2.05) is 6.92 Å². The zero-order valence-electron chi connectivity index (χ0n) is 13.7. The molecule has 2 aromatic carbocycles. The van der Waals surface area contributed by atoms with Crippen molar-refractivity contribution in [2.24, 2.45) is 0 Å². The Morgan fingerprint density at radius 2 is 1.80 bits per heavy atom. The molecule has 128 valence electrons. The highest BCUT2D eigenvalue weighted by molar-refractivity contribution is 5.88. The van der Waals surface area contributed by atoms with Crippen LogP contribution < -0.4 is 5.43 Å². The first-order valence-corrected chi connectivity index (χ1v) is 7.82. The van der Waals surface area contributed by atoms with Gasteiger partial charge in [0.2, 0.25) is 0 Å². The number of allylic oxidation sites excluding steroid dienone is 1. The first-order chi connectivity index (χ1) is 11.9. The number of aromatic hydroxyl groups is 3. The van der Waals surface area contributed by atoms with Crippen molar-refractivity contribution in [1.29, 1.82) is 0 Å². The fourth-order valence-electron chi connectivity index (χ4n) is 2.68. The lowest BCUT2D eigenvalue weighted by Gasteiger charge is -2.11. The monoisotopic (exact) mass is 338 g/mol. The third-order valence-electron chi connectivity index (χ3n) is 4.03. The summed E-state index contributed by atoms with van der Waals surface area (Å²) in [6.45, 7) is 5.65. The molecule has 0 amide bonds. The fourth-order valence-corrected chi connectivity index (χ4v) is 2.68. The van der Waals surface area contributed by atoms with E-state index >= 15 is 0 Å². The number of phenolic OH excluding ortho intramolecular Hbond substituents is 3. The second-order valence-corrected chi connectivity index (χ2v) is 6.07. The largest absolute Gasteiger partial charge is 0.508 e. The van der Waals surface area contributed by atoms with Crippen LogP contribution in [0.1, 0.15) is 18.9 Å². The predicted octanol–water partition coefficient (Wildman–Crippen LogP) is 4.09. The van der Waals surface area contributed by atoms with Gasteiger partial charge >= 0.3 is 0 Å². The average Bonchev–Trinajstić information content (AvgIpc) is 2.54. The maximum atomic E-state index is 12.5. The summed E-state index contributed by atoms with van der Waals surface area (Å²) in [7, 11) is 0. The minimum atomic E-state index is -0.404. The summed E-state index contributed by atoms with van der Waals surface area (Å²) in [4.78, 5) is 12.5. The molecular weight excluding hydrogens is 320 g/mol. The van der Waals surface area contributed by atoms with Crippen LogP contribution in [0.2, 0.25) is 0 Å². The molecule has 1 aromatic heterocycles. The summed E-state index contributed by atoms with van der Waals surface area (Å²) in [5, 5.41) is 30.0. The molecule has 25 heavy (non-hydrogen) atoms. The van der Waals surface area contributed by atoms with E-state index in [4.69, 9.17) is 4.42 Å². The van der Waals surface area contributed by atoms with Crippen LogP contribution >= 0.6 is 0 Å². The molecule has 0 aliphatic heterocycles. The number of hydrogen-bond donors (Lipinski definition) is 3. The van der Waals surface area contributed by atoms with Gasteiger partial charge in [-0.25, -0.2) is 0 Å². The van der Waals surface area contributed by atoms with Gasteiger partial charge in [0.1, 0.15) is 34.0 Å². The van der Waals surface area contributed by atoms with Gasteiger partial charge in [0, 0.05) is 23.3 Å². The molecule has 0 spiro atoms. The smallest absolute Gasteiger partial charge is 0.197 e. The SMILES string of the molecule is C=C(C)CCc1c(O)cc2oc(-c3ccc(O)cc3)cc(=O)c2c1O. The normalized spacial score (nSPS) is 10.9. The Bertz CT molecular complexity index is 1010. The number of hydrogen-bond acceptors (Lipinski definition) is 5. The molecular formula is C20H18O5. The van der Waals surface area contributed by atoms with Gasteiger partial charge in [-0.3, -0.25) is 4.79 Å². The zero-order chi connectivity index (χ0) is 18.1. The summed E-state index contributed by atoms with van der Waals surface area (Å²) >= 11 is 0. The van der Waals surface area contributed by atoms with Crippen LogP contribution in [0.15, 0.2) is 57.8 Å². The third kappa shape index (κ3) is 3.21. The second kappa shape index (κ2) is 6.36. The molecule has 0 atom stereocenters. The van der Waals surface area contributed by atoms with Crippen LogP contribution in [0.25, 0.3) is 22.3 Å². The molecule has 5 heteroatoms. The number of fused-ring (bicyclic) bond motifs is 1. The van der Waals surface area contributed by atoms with Gasteiger partial charge < -0.3 is 19.7 Å². The Balaban J connectivity index is 2.16. The Morgan fingerprint density at radius 3 is 2.44 bits per heavy atom. The van der Waals surface area contributed by atoms with Crippen LogP contribution in [0.4, 0.5) is 0 Å². The third-order valence-corrected chi connectivity index (χ3v) is 4.03. The molecule has 0 unspecified atom stereocenters. The summed E-state index contributed by atoms with van der Waals surface area (Å²) in [6.07, 6.45) is 0.964. The molecule has 0 aliphatic carbocycles. The second-order valence-electron chi connectivity index (χ2n) is 6.07. The van der Waals surface area contributed by atoms with E-state index in [1.54, 1.807) is 12.1 Å². The predicted molar refractivity (Wildman–Crippen MR) is 96.0 cm³/mol. The van der Waals surface area contributed by atoms with Crippen molar-refractivity contribution < 1.29 is 19.7 Å². The highest BCUT2D eigenvalue weighted by Crippen LogP contribution is 2.36. The Labute approximate surface area is 144 Å². The minimum Gasteiger partial charge on any atom is -0.508 e. The Morgan fingerprint density at radius 1 is 1.12 bits per heavy atom. The first-order valence-electron chi connectivity index (χ1n) is 7.82. The van der Waals surface area contributed by atoms with E-state index in [0.29, 0.717) is 24.0 Å². The average molecular weight is 338 g/mol. The first kappa shape index (κ1) is 16.6. The number of benzene rings is 2. The molecule has 0 bridgehead atoms. The van der Waals surface area contributed by atoms with Gasteiger partial charge in [0.05, 0.1) is 0 Å². The Kier molecular flexibility index (Phi) is 4.23. The number of phenols is 3. The topological polar surface area (TPSA) is 90.9 Å². The lowest BCUT2D eigenvalue weighted by molar-refractivity contribution is 0.440. The van der Waals surface area contributed by atoms with E-state index in [0.717, 1.165) is 5.57 Å². The highest BCUT2D eigenvalue weighted by Gasteiger charge is 2.17. The molecule has 0 radical (unpaired) electrons. The highest BCUT2D eigenvalue weighted by atomic mass is 16.3. The van der Waals surface area contributed by atoms with Crippen molar-refractivity contribution >= 4 is 11.0 Å². The minimum absolute atomic E-state index is 0.0389. The van der Waals surface area contributed by atoms with Crippen LogP contribution in [0.5, 0.6) is 17.2 Å². The zero-order valence-corrected chi connectivity index (χ0v) is 13.7. The molecule has 5 nitrogen and oxygen atoms in total. The van der Waals surface area contributed by atoms with Gasteiger partial charge in [0.25, 0.3) is 0 Å². The number of rotatable bonds is 4. The van der Waals surface area contributed by atoms with E-state index < -0.39 is 5.43 Å². The summed E-state index contributed by atoms with van der Waals surface area (Å²) in [6, 6.07) is 8.81. The molecule has 0 saturated heterocycles. The van der Waals surface area contributed by atoms with E-state index in [9.17, 15) is 20.1 Å². The van der Waals surface area contributed by atoms with Crippen LogP contribution in [0.3, 0.4) is 0 Å². The summed E-state index contributed by atoms with van der Waals surface area (Å²) < 4.78 is 5.69. The quantitative estimate of drug-likeness (QED) is 0.623. The lowest BCUT2D eigenvalue weighted by Crippen LogP contribution is -2.02.